The number of aliphatic imine (C=N–C) groups is 1. The van der Waals surface area contributed by atoms with Crippen molar-refractivity contribution in [1.29, 1.82) is 0 Å². The minimum atomic E-state index is -4.41. The maximum atomic E-state index is 12.5. The summed E-state index contributed by atoms with van der Waals surface area (Å²) in [6.07, 6.45) is -2.71. The molecule has 0 aliphatic heterocycles. The van der Waals surface area contributed by atoms with Gasteiger partial charge in [0.25, 0.3) is 0 Å². The smallest absolute Gasteiger partial charge is 0.386 e. The number of amidine groups is 1. The number of nitrogens with two attached hydrogens (primary N) is 1. The van der Waals surface area contributed by atoms with Gasteiger partial charge in [-0.05, 0) is 24.3 Å². The highest BCUT2D eigenvalue weighted by atomic mass is 35.5. The number of benzene rings is 1. The first-order chi connectivity index (χ1) is 9.40. The van der Waals surface area contributed by atoms with E-state index < -0.39 is 11.7 Å². The van der Waals surface area contributed by atoms with Crippen LogP contribution >= 0.6 is 11.6 Å². The van der Waals surface area contributed by atoms with E-state index >= 15 is 0 Å². The van der Waals surface area contributed by atoms with Crippen LogP contribution in [0.2, 0.25) is 0 Å². The van der Waals surface area contributed by atoms with E-state index in [1.165, 1.54) is 0 Å². The van der Waals surface area contributed by atoms with Crippen LogP contribution in [0.1, 0.15) is 5.56 Å². The zero-order valence-electron chi connectivity index (χ0n) is 10.1. The van der Waals surface area contributed by atoms with Crippen LogP contribution < -0.4 is 5.73 Å². The van der Waals surface area contributed by atoms with Crippen LogP contribution in [0.3, 0.4) is 0 Å². The van der Waals surface area contributed by atoms with Crippen LogP contribution in [0, 0.1) is 0 Å². The van der Waals surface area contributed by atoms with Crippen LogP contribution in [0.5, 0.6) is 0 Å². The minimum absolute atomic E-state index is 0.107. The van der Waals surface area contributed by atoms with Crippen molar-refractivity contribution in [3.8, 4) is 5.69 Å². The van der Waals surface area contributed by atoms with Gasteiger partial charge in [0, 0.05) is 6.20 Å². The van der Waals surface area contributed by atoms with Gasteiger partial charge in [-0.1, -0.05) is 0 Å². The van der Waals surface area contributed by atoms with Gasteiger partial charge in [0.15, 0.2) is 0 Å². The SMILES string of the molecule is NC(CCl)=Nc1ccc(-n2cc(C(F)(F)F)cn2)cc1. The molecule has 0 spiro atoms. The molecule has 0 amide bonds. The average Bonchev–Trinajstić information content (AvgIpc) is 2.89. The summed E-state index contributed by atoms with van der Waals surface area (Å²) < 4.78 is 38.5. The molecule has 1 aromatic carbocycles. The van der Waals surface area contributed by atoms with Gasteiger partial charge in [0.05, 0.1) is 29.0 Å². The number of hydrogen-bond acceptors (Lipinski definition) is 2. The molecule has 0 aliphatic carbocycles. The average molecular weight is 303 g/mol. The van der Waals surface area contributed by atoms with Crippen LogP contribution in [0.15, 0.2) is 41.7 Å². The Hall–Kier alpha value is -2.02. The van der Waals surface area contributed by atoms with Gasteiger partial charge in [-0.25, -0.2) is 9.67 Å². The number of hydrogen-bond donors (Lipinski definition) is 1. The summed E-state index contributed by atoms with van der Waals surface area (Å²) in [6.45, 7) is 0. The molecule has 0 bridgehead atoms. The molecule has 0 atom stereocenters. The van der Waals surface area contributed by atoms with Gasteiger partial charge >= 0.3 is 6.18 Å². The standard InChI is InChI=1S/C12H10ClF3N4/c13-5-11(17)19-9-1-3-10(4-2-9)20-7-8(6-18-20)12(14,15)16/h1-4,6-7H,5H2,(H2,17,19). The van der Waals surface area contributed by atoms with Crippen molar-refractivity contribution in [2.24, 2.45) is 10.7 Å². The Labute approximate surface area is 117 Å². The van der Waals surface area contributed by atoms with Crippen LogP contribution in [0.25, 0.3) is 5.69 Å². The van der Waals surface area contributed by atoms with Crippen molar-refractivity contribution >= 4 is 23.1 Å². The van der Waals surface area contributed by atoms with Crippen LogP contribution in [0.4, 0.5) is 18.9 Å². The second-order valence-electron chi connectivity index (χ2n) is 3.92. The molecule has 0 saturated carbocycles. The molecule has 106 valence electrons. The molecule has 8 heteroatoms. The summed E-state index contributed by atoms with van der Waals surface area (Å²) in [4.78, 5) is 4.01. The Morgan fingerprint density at radius 2 is 1.95 bits per heavy atom. The normalized spacial score (nSPS) is 12.7. The van der Waals surface area contributed by atoms with Crippen molar-refractivity contribution in [3.05, 3.63) is 42.2 Å². The maximum Gasteiger partial charge on any atom is 0.419 e. The molecule has 2 N–H and O–H groups in total. The highest BCUT2D eigenvalue weighted by Gasteiger charge is 2.32. The second kappa shape index (κ2) is 5.54. The Morgan fingerprint density at radius 1 is 1.30 bits per heavy atom. The first-order valence-corrected chi connectivity index (χ1v) is 6.05. The van der Waals surface area contributed by atoms with Gasteiger partial charge in [-0.2, -0.15) is 18.3 Å². The quantitative estimate of drug-likeness (QED) is 0.538. The number of nitrogens with zero attached hydrogens (tertiary/aromatic N) is 3. The molecule has 0 aliphatic rings. The molecule has 2 aromatic rings. The fourth-order valence-corrected chi connectivity index (χ4v) is 1.55. The van der Waals surface area contributed by atoms with E-state index in [1.807, 2.05) is 0 Å². The highest BCUT2D eigenvalue weighted by Crippen LogP contribution is 2.29. The van der Waals surface area contributed by atoms with Gasteiger partial charge in [0.2, 0.25) is 0 Å². The van der Waals surface area contributed by atoms with Crippen molar-refractivity contribution in [3.63, 3.8) is 0 Å². The first-order valence-electron chi connectivity index (χ1n) is 5.51. The summed E-state index contributed by atoms with van der Waals surface area (Å²) in [5.41, 5.74) is 5.74. The molecule has 4 nitrogen and oxygen atoms in total. The molecule has 1 heterocycles. The lowest BCUT2D eigenvalue weighted by Gasteiger charge is -2.03. The van der Waals surface area contributed by atoms with Gasteiger partial charge in [-0.3, -0.25) is 0 Å². The summed E-state index contributed by atoms with van der Waals surface area (Å²) in [6, 6.07) is 6.41. The van der Waals surface area contributed by atoms with E-state index in [-0.39, 0.29) is 11.7 Å². The molecule has 1 aromatic heterocycles. The lowest BCUT2D eigenvalue weighted by atomic mass is 10.3. The number of halogens is 4. The van der Waals surface area contributed by atoms with Gasteiger partial charge in [0.1, 0.15) is 5.84 Å². The molecular formula is C12H10ClF3N4. The zero-order valence-corrected chi connectivity index (χ0v) is 10.9. The zero-order chi connectivity index (χ0) is 14.8. The summed E-state index contributed by atoms with van der Waals surface area (Å²) >= 11 is 5.50. The molecular weight excluding hydrogens is 293 g/mol. The molecule has 0 fully saturated rings. The fourth-order valence-electron chi connectivity index (χ4n) is 1.49. The molecule has 0 unspecified atom stereocenters. The number of alkyl halides is 4. The van der Waals surface area contributed by atoms with E-state index in [9.17, 15) is 13.2 Å². The summed E-state index contributed by atoms with van der Waals surface area (Å²) in [5, 5.41) is 3.67. The monoisotopic (exact) mass is 302 g/mol. The van der Waals surface area contributed by atoms with Crippen molar-refractivity contribution in [1.82, 2.24) is 9.78 Å². The summed E-state index contributed by atoms with van der Waals surface area (Å²) in [7, 11) is 0. The molecule has 0 saturated heterocycles. The van der Waals surface area contributed by atoms with Crippen LogP contribution in [-0.2, 0) is 6.18 Å². The van der Waals surface area contributed by atoms with E-state index in [2.05, 4.69) is 10.1 Å². The Balaban J connectivity index is 2.24. The van der Waals surface area contributed by atoms with E-state index in [1.54, 1.807) is 24.3 Å². The van der Waals surface area contributed by atoms with E-state index in [0.29, 0.717) is 11.4 Å². The number of rotatable bonds is 3. The predicted octanol–water partition coefficient (Wildman–Crippen LogP) is 3.12. The Kier molecular flexibility index (Phi) is 3.99. The third kappa shape index (κ3) is 3.30. The first kappa shape index (κ1) is 14.4. The van der Waals surface area contributed by atoms with E-state index in [4.69, 9.17) is 17.3 Å². The molecule has 0 radical (unpaired) electrons. The fraction of sp³-hybridized carbons (Fsp3) is 0.167. The van der Waals surface area contributed by atoms with Crippen molar-refractivity contribution in [2.75, 3.05) is 5.88 Å². The third-order valence-electron chi connectivity index (χ3n) is 2.43. The molecule has 20 heavy (non-hydrogen) atoms. The lowest BCUT2D eigenvalue weighted by molar-refractivity contribution is -0.137. The van der Waals surface area contributed by atoms with Crippen LogP contribution in [-0.4, -0.2) is 21.5 Å². The Bertz CT molecular complexity index is 616. The largest absolute Gasteiger partial charge is 0.419 e. The maximum absolute atomic E-state index is 12.5. The third-order valence-corrected chi connectivity index (χ3v) is 2.71. The van der Waals surface area contributed by atoms with Gasteiger partial charge in [-0.15, -0.1) is 11.6 Å². The van der Waals surface area contributed by atoms with E-state index in [0.717, 1.165) is 17.1 Å². The van der Waals surface area contributed by atoms with Crippen molar-refractivity contribution in [2.45, 2.75) is 6.18 Å². The second-order valence-corrected chi connectivity index (χ2v) is 4.19. The molecule has 2 rings (SSSR count). The van der Waals surface area contributed by atoms with Gasteiger partial charge < -0.3 is 5.73 Å². The minimum Gasteiger partial charge on any atom is -0.386 e. The predicted molar refractivity (Wildman–Crippen MR) is 70.6 cm³/mol. The Morgan fingerprint density at radius 3 is 2.45 bits per heavy atom. The highest BCUT2D eigenvalue weighted by molar-refractivity contribution is 6.28. The lowest BCUT2D eigenvalue weighted by Crippen LogP contribution is -2.12. The van der Waals surface area contributed by atoms with Crippen molar-refractivity contribution < 1.29 is 13.2 Å². The summed E-state index contributed by atoms with van der Waals surface area (Å²) in [5.74, 6) is 0.369. The number of aromatic nitrogens is 2. The topological polar surface area (TPSA) is 56.2 Å².